The lowest BCUT2D eigenvalue weighted by atomic mass is 10.1. The van der Waals surface area contributed by atoms with E-state index < -0.39 is 20.9 Å². The number of piperidine rings is 1. The third kappa shape index (κ3) is 1.66. The SMILES string of the molecule is O=S(=O)(c1ncccc1F)N1CC2CCC1C2. The van der Waals surface area contributed by atoms with Gasteiger partial charge >= 0.3 is 0 Å². The first-order valence-electron chi connectivity index (χ1n) is 5.71. The van der Waals surface area contributed by atoms with Gasteiger partial charge in [-0.25, -0.2) is 17.8 Å². The Morgan fingerprint density at radius 2 is 2.24 bits per heavy atom. The number of rotatable bonds is 2. The zero-order valence-electron chi connectivity index (χ0n) is 9.21. The quantitative estimate of drug-likeness (QED) is 0.803. The zero-order valence-corrected chi connectivity index (χ0v) is 10.0. The van der Waals surface area contributed by atoms with Gasteiger partial charge in [0.2, 0.25) is 5.03 Å². The molecule has 1 saturated heterocycles. The first kappa shape index (κ1) is 11.1. The number of halogens is 1. The van der Waals surface area contributed by atoms with Gasteiger partial charge in [0.25, 0.3) is 10.0 Å². The van der Waals surface area contributed by atoms with Crippen LogP contribution in [0.25, 0.3) is 0 Å². The molecular weight excluding hydrogens is 243 g/mol. The largest absolute Gasteiger partial charge is 0.263 e. The van der Waals surface area contributed by atoms with Gasteiger partial charge in [-0.05, 0) is 37.3 Å². The number of hydrogen-bond donors (Lipinski definition) is 0. The van der Waals surface area contributed by atoms with Gasteiger partial charge in [0.05, 0.1) is 0 Å². The highest BCUT2D eigenvalue weighted by Gasteiger charge is 2.45. The molecule has 2 aliphatic rings. The molecule has 3 rings (SSSR count). The van der Waals surface area contributed by atoms with Crippen LogP contribution in [0.4, 0.5) is 4.39 Å². The van der Waals surface area contributed by atoms with E-state index in [2.05, 4.69) is 4.98 Å². The summed E-state index contributed by atoms with van der Waals surface area (Å²) in [5.41, 5.74) is 0. The van der Waals surface area contributed by atoms with Crippen molar-refractivity contribution in [2.75, 3.05) is 6.54 Å². The van der Waals surface area contributed by atoms with Gasteiger partial charge in [-0.1, -0.05) is 0 Å². The van der Waals surface area contributed by atoms with E-state index in [0.29, 0.717) is 12.5 Å². The van der Waals surface area contributed by atoms with Gasteiger partial charge in [-0.3, -0.25) is 0 Å². The molecule has 0 N–H and O–H groups in total. The molecule has 2 bridgehead atoms. The number of aromatic nitrogens is 1. The third-order valence-electron chi connectivity index (χ3n) is 3.64. The lowest BCUT2D eigenvalue weighted by Gasteiger charge is -2.25. The van der Waals surface area contributed by atoms with Crippen LogP contribution in [0, 0.1) is 11.7 Å². The highest BCUT2D eigenvalue weighted by Crippen LogP contribution is 2.40. The number of fused-ring (bicyclic) bond motifs is 2. The molecule has 0 aromatic carbocycles. The topological polar surface area (TPSA) is 50.3 Å². The summed E-state index contributed by atoms with van der Waals surface area (Å²) in [4.78, 5) is 3.67. The van der Waals surface area contributed by atoms with Crippen molar-refractivity contribution in [2.45, 2.75) is 30.3 Å². The second-order valence-corrected chi connectivity index (χ2v) is 6.50. The summed E-state index contributed by atoms with van der Waals surface area (Å²) in [6, 6.07) is 2.57. The molecule has 1 aliphatic heterocycles. The van der Waals surface area contributed by atoms with Crippen molar-refractivity contribution in [1.82, 2.24) is 9.29 Å². The van der Waals surface area contributed by atoms with Crippen LogP contribution in [-0.4, -0.2) is 30.3 Å². The van der Waals surface area contributed by atoms with Gasteiger partial charge in [0.1, 0.15) is 0 Å². The molecule has 1 aromatic rings. The lowest BCUT2D eigenvalue weighted by molar-refractivity contribution is 0.330. The average molecular weight is 256 g/mol. The Kier molecular flexibility index (Phi) is 2.45. The Bertz CT molecular complexity index is 546. The maximum atomic E-state index is 13.5. The second-order valence-electron chi connectivity index (χ2n) is 4.70. The smallest absolute Gasteiger partial charge is 0.241 e. The van der Waals surface area contributed by atoms with Gasteiger partial charge < -0.3 is 0 Å². The fourth-order valence-corrected chi connectivity index (χ4v) is 4.57. The summed E-state index contributed by atoms with van der Waals surface area (Å²) in [5, 5.41) is -0.437. The summed E-state index contributed by atoms with van der Waals surface area (Å²) >= 11 is 0. The predicted octanol–water partition coefficient (Wildman–Crippen LogP) is 1.39. The molecule has 0 radical (unpaired) electrons. The Morgan fingerprint density at radius 1 is 1.41 bits per heavy atom. The van der Waals surface area contributed by atoms with Crippen LogP contribution in [0.1, 0.15) is 19.3 Å². The summed E-state index contributed by atoms with van der Waals surface area (Å²) in [7, 11) is -3.75. The Labute approximate surface area is 99.5 Å². The van der Waals surface area contributed by atoms with Crippen molar-refractivity contribution in [3.63, 3.8) is 0 Å². The fourth-order valence-electron chi connectivity index (χ4n) is 2.85. The lowest BCUT2D eigenvalue weighted by Crippen LogP contribution is -2.38. The normalized spacial score (nSPS) is 28.8. The number of sulfonamides is 1. The minimum absolute atomic E-state index is 0.0476. The summed E-state index contributed by atoms with van der Waals surface area (Å²) in [6.07, 6.45) is 4.19. The van der Waals surface area contributed by atoms with Crippen molar-refractivity contribution in [2.24, 2.45) is 5.92 Å². The van der Waals surface area contributed by atoms with Gasteiger partial charge in [-0.2, -0.15) is 4.31 Å². The number of pyridine rings is 1. The molecule has 1 aliphatic carbocycles. The third-order valence-corrected chi connectivity index (χ3v) is 5.49. The maximum Gasteiger partial charge on any atom is 0.263 e. The monoisotopic (exact) mass is 256 g/mol. The molecule has 0 spiro atoms. The van der Waals surface area contributed by atoms with Gasteiger partial charge in [-0.15, -0.1) is 0 Å². The minimum Gasteiger partial charge on any atom is -0.241 e. The van der Waals surface area contributed by atoms with Crippen LogP contribution in [0.3, 0.4) is 0 Å². The highest BCUT2D eigenvalue weighted by molar-refractivity contribution is 7.89. The molecule has 4 nitrogen and oxygen atoms in total. The van der Waals surface area contributed by atoms with Crippen molar-refractivity contribution in [3.8, 4) is 0 Å². The van der Waals surface area contributed by atoms with Crippen molar-refractivity contribution < 1.29 is 12.8 Å². The summed E-state index contributed by atoms with van der Waals surface area (Å²) in [6.45, 7) is 0.517. The van der Waals surface area contributed by atoms with Gasteiger partial charge in [0.15, 0.2) is 5.82 Å². The van der Waals surface area contributed by atoms with Crippen LogP contribution < -0.4 is 0 Å². The summed E-state index contributed by atoms with van der Waals surface area (Å²) < 4.78 is 39.5. The zero-order chi connectivity index (χ0) is 12.0. The van der Waals surface area contributed by atoms with Crippen LogP contribution in [-0.2, 0) is 10.0 Å². The molecule has 0 amide bonds. The molecule has 92 valence electrons. The van der Waals surface area contributed by atoms with E-state index in [1.807, 2.05) is 0 Å². The Morgan fingerprint density at radius 3 is 2.82 bits per heavy atom. The molecule has 2 heterocycles. The van der Waals surface area contributed by atoms with Crippen LogP contribution >= 0.6 is 0 Å². The average Bonchev–Trinajstić information content (AvgIpc) is 2.91. The van der Waals surface area contributed by atoms with Crippen LogP contribution in [0.2, 0.25) is 0 Å². The van der Waals surface area contributed by atoms with Crippen molar-refractivity contribution in [3.05, 3.63) is 24.1 Å². The fraction of sp³-hybridized carbons (Fsp3) is 0.545. The molecular formula is C11H13FN2O2S. The van der Waals surface area contributed by atoms with E-state index in [-0.39, 0.29) is 6.04 Å². The van der Waals surface area contributed by atoms with Crippen molar-refractivity contribution >= 4 is 10.0 Å². The number of nitrogens with zero attached hydrogens (tertiary/aromatic N) is 2. The number of hydrogen-bond acceptors (Lipinski definition) is 3. The Hall–Kier alpha value is -1.01. The molecule has 1 saturated carbocycles. The molecule has 6 heteroatoms. The van der Waals surface area contributed by atoms with E-state index in [9.17, 15) is 12.8 Å². The molecule has 2 atom stereocenters. The molecule has 17 heavy (non-hydrogen) atoms. The second kappa shape index (κ2) is 3.74. The molecule has 1 aromatic heterocycles. The van der Waals surface area contributed by atoms with E-state index in [1.165, 1.54) is 16.6 Å². The Balaban J connectivity index is 2.00. The first-order valence-corrected chi connectivity index (χ1v) is 7.15. The van der Waals surface area contributed by atoms with E-state index in [0.717, 1.165) is 25.3 Å². The maximum absolute atomic E-state index is 13.5. The molecule has 2 unspecified atom stereocenters. The van der Waals surface area contributed by atoms with Crippen molar-refractivity contribution in [1.29, 1.82) is 0 Å². The van der Waals surface area contributed by atoms with E-state index in [4.69, 9.17) is 0 Å². The molecule has 2 fully saturated rings. The predicted molar refractivity (Wildman–Crippen MR) is 59.2 cm³/mol. The minimum atomic E-state index is -3.75. The van der Waals surface area contributed by atoms with E-state index >= 15 is 0 Å². The summed E-state index contributed by atoms with van der Waals surface area (Å²) in [5.74, 6) is -0.322. The van der Waals surface area contributed by atoms with E-state index in [1.54, 1.807) is 0 Å². The standard InChI is InChI=1S/C11H13FN2O2S/c12-10-2-1-5-13-11(10)17(15,16)14-7-8-3-4-9(14)6-8/h1-2,5,8-9H,3-4,6-7H2. The highest BCUT2D eigenvalue weighted by atomic mass is 32.2. The van der Waals surface area contributed by atoms with Crippen LogP contribution in [0.15, 0.2) is 23.4 Å². The first-order chi connectivity index (χ1) is 8.09. The van der Waals surface area contributed by atoms with Gasteiger partial charge in [0, 0.05) is 18.8 Å². The van der Waals surface area contributed by atoms with Crippen LogP contribution in [0.5, 0.6) is 0 Å².